The monoisotopic (exact) mass is 282 g/mol. The Morgan fingerprint density at radius 3 is 2.45 bits per heavy atom. The fourth-order valence-corrected chi connectivity index (χ4v) is 3.38. The van der Waals surface area contributed by atoms with Crippen molar-refractivity contribution in [1.29, 1.82) is 0 Å². The number of amides is 1. The van der Waals surface area contributed by atoms with Gasteiger partial charge in [0.25, 0.3) is 0 Å². The first kappa shape index (κ1) is 17.5. The van der Waals surface area contributed by atoms with Gasteiger partial charge in [-0.2, -0.15) is 0 Å². The second-order valence-electron chi connectivity index (χ2n) is 8.35. The van der Waals surface area contributed by atoms with Crippen LogP contribution in [-0.2, 0) is 4.79 Å². The van der Waals surface area contributed by atoms with Crippen molar-refractivity contribution in [1.82, 2.24) is 5.32 Å². The van der Waals surface area contributed by atoms with Crippen molar-refractivity contribution in [3.63, 3.8) is 0 Å². The van der Waals surface area contributed by atoms with Gasteiger partial charge in [0.1, 0.15) is 0 Å². The van der Waals surface area contributed by atoms with E-state index in [-0.39, 0.29) is 11.3 Å². The highest BCUT2D eigenvalue weighted by atomic mass is 16.1. The quantitative estimate of drug-likeness (QED) is 0.783. The second kappa shape index (κ2) is 6.93. The zero-order valence-electron chi connectivity index (χ0n) is 14.1. The van der Waals surface area contributed by atoms with Gasteiger partial charge in [-0.3, -0.25) is 4.79 Å². The van der Waals surface area contributed by atoms with Gasteiger partial charge >= 0.3 is 0 Å². The van der Waals surface area contributed by atoms with Crippen LogP contribution in [0.5, 0.6) is 0 Å². The van der Waals surface area contributed by atoms with E-state index in [0.717, 1.165) is 25.7 Å². The third kappa shape index (κ3) is 5.82. The molecule has 0 aromatic heterocycles. The number of carbonyl (C=O) groups is 1. The third-order valence-corrected chi connectivity index (χ3v) is 4.79. The van der Waals surface area contributed by atoms with Crippen molar-refractivity contribution < 1.29 is 4.79 Å². The molecule has 0 aromatic rings. The Hall–Kier alpha value is -0.570. The molecule has 3 heteroatoms. The molecule has 20 heavy (non-hydrogen) atoms. The molecule has 0 aliphatic heterocycles. The molecule has 1 amide bonds. The number of hydrogen-bond donors (Lipinski definition) is 2. The molecule has 1 aliphatic carbocycles. The van der Waals surface area contributed by atoms with Crippen LogP contribution in [-0.4, -0.2) is 18.5 Å². The average molecular weight is 282 g/mol. The summed E-state index contributed by atoms with van der Waals surface area (Å²) in [6.45, 7) is 12.0. The number of hydrogen-bond acceptors (Lipinski definition) is 2. The Bertz CT molecular complexity index is 317. The number of carbonyl (C=O) groups excluding carboxylic acids is 1. The summed E-state index contributed by atoms with van der Waals surface area (Å²) in [4.78, 5) is 12.1. The molecule has 3 N–H and O–H groups in total. The summed E-state index contributed by atoms with van der Waals surface area (Å²) in [6.07, 6.45) is 6.05. The van der Waals surface area contributed by atoms with E-state index in [1.807, 2.05) is 0 Å². The van der Waals surface area contributed by atoms with Crippen LogP contribution in [0.4, 0.5) is 0 Å². The summed E-state index contributed by atoms with van der Waals surface area (Å²) >= 11 is 0. The van der Waals surface area contributed by atoms with Crippen LogP contribution in [0.1, 0.15) is 73.1 Å². The summed E-state index contributed by atoms with van der Waals surface area (Å²) in [6, 6.07) is 0.389. The van der Waals surface area contributed by atoms with E-state index in [4.69, 9.17) is 5.73 Å². The molecule has 2 unspecified atom stereocenters. The zero-order chi connectivity index (χ0) is 15.4. The second-order valence-corrected chi connectivity index (χ2v) is 8.35. The maximum Gasteiger partial charge on any atom is 0.220 e. The Labute approximate surface area is 125 Å². The maximum absolute atomic E-state index is 12.1. The van der Waals surface area contributed by atoms with E-state index in [1.165, 1.54) is 6.42 Å². The molecule has 2 atom stereocenters. The van der Waals surface area contributed by atoms with E-state index in [0.29, 0.717) is 30.3 Å². The van der Waals surface area contributed by atoms with Crippen LogP contribution in [0.3, 0.4) is 0 Å². The number of nitrogens with one attached hydrogen (secondary N) is 1. The summed E-state index contributed by atoms with van der Waals surface area (Å²) in [5.41, 5.74) is 6.32. The molecule has 0 saturated heterocycles. The minimum absolute atomic E-state index is 0.221. The average Bonchev–Trinajstić information content (AvgIpc) is 2.62. The predicted molar refractivity (Wildman–Crippen MR) is 85.4 cm³/mol. The van der Waals surface area contributed by atoms with E-state index < -0.39 is 0 Å². The van der Waals surface area contributed by atoms with Crippen LogP contribution < -0.4 is 11.1 Å². The molecular formula is C17H34N2O. The fraction of sp³-hybridized carbons (Fsp3) is 0.941. The Morgan fingerprint density at radius 2 is 2.00 bits per heavy atom. The molecule has 118 valence electrons. The smallest absolute Gasteiger partial charge is 0.220 e. The lowest BCUT2D eigenvalue weighted by atomic mass is 9.76. The van der Waals surface area contributed by atoms with Crippen molar-refractivity contribution in [2.75, 3.05) is 6.54 Å². The van der Waals surface area contributed by atoms with E-state index in [9.17, 15) is 4.79 Å². The van der Waals surface area contributed by atoms with Crippen molar-refractivity contribution >= 4 is 5.91 Å². The Kier molecular flexibility index (Phi) is 6.06. The van der Waals surface area contributed by atoms with E-state index in [2.05, 4.69) is 39.9 Å². The van der Waals surface area contributed by atoms with Gasteiger partial charge in [0, 0.05) is 12.5 Å². The van der Waals surface area contributed by atoms with Gasteiger partial charge in [-0.25, -0.2) is 0 Å². The molecular weight excluding hydrogens is 248 g/mol. The third-order valence-electron chi connectivity index (χ3n) is 4.79. The van der Waals surface area contributed by atoms with E-state index in [1.54, 1.807) is 0 Å². The topological polar surface area (TPSA) is 55.1 Å². The predicted octanol–water partition coefficient (Wildman–Crippen LogP) is 3.47. The van der Waals surface area contributed by atoms with Crippen LogP contribution in [0, 0.1) is 16.7 Å². The zero-order valence-corrected chi connectivity index (χ0v) is 14.1. The lowest BCUT2D eigenvalue weighted by molar-refractivity contribution is -0.122. The van der Waals surface area contributed by atoms with Crippen molar-refractivity contribution in [2.45, 2.75) is 79.2 Å². The molecule has 1 rings (SSSR count). The van der Waals surface area contributed by atoms with Crippen molar-refractivity contribution in [3.05, 3.63) is 0 Å². The Morgan fingerprint density at radius 1 is 1.35 bits per heavy atom. The van der Waals surface area contributed by atoms with Gasteiger partial charge in [-0.15, -0.1) is 0 Å². The van der Waals surface area contributed by atoms with Gasteiger partial charge in [-0.05, 0) is 55.4 Å². The van der Waals surface area contributed by atoms with Gasteiger partial charge in [0.05, 0.1) is 0 Å². The lowest BCUT2D eigenvalue weighted by Gasteiger charge is -2.30. The molecule has 0 heterocycles. The van der Waals surface area contributed by atoms with Crippen LogP contribution >= 0.6 is 0 Å². The summed E-state index contributed by atoms with van der Waals surface area (Å²) in [5.74, 6) is 0.747. The van der Waals surface area contributed by atoms with Crippen molar-refractivity contribution in [3.8, 4) is 0 Å². The molecule has 1 aliphatic rings. The molecule has 1 fully saturated rings. The van der Waals surface area contributed by atoms with Gasteiger partial charge < -0.3 is 11.1 Å². The minimum atomic E-state index is 0.221. The fourth-order valence-electron chi connectivity index (χ4n) is 3.38. The first-order chi connectivity index (χ1) is 9.14. The minimum Gasteiger partial charge on any atom is -0.353 e. The first-order valence-corrected chi connectivity index (χ1v) is 8.13. The van der Waals surface area contributed by atoms with Gasteiger partial charge in [0.15, 0.2) is 0 Å². The lowest BCUT2D eigenvalue weighted by Crippen LogP contribution is -2.34. The standard InChI is InChI=1S/C17H34N2O/c1-16(2,3)13(9-11-18)6-7-15(20)19-14-8-10-17(4,5)12-14/h13-14H,6-12,18H2,1-5H3,(H,19,20). The normalized spacial score (nSPS) is 23.6. The SMILES string of the molecule is CC1(C)CCC(NC(=O)CCC(CCN)C(C)(C)C)C1. The van der Waals surface area contributed by atoms with Crippen molar-refractivity contribution in [2.24, 2.45) is 22.5 Å². The van der Waals surface area contributed by atoms with E-state index >= 15 is 0 Å². The largest absolute Gasteiger partial charge is 0.353 e. The first-order valence-electron chi connectivity index (χ1n) is 8.13. The molecule has 0 bridgehead atoms. The summed E-state index contributed by atoms with van der Waals surface area (Å²) in [7, 11) is 0. The highest BCUT2D eigenvalue weighted by Gasteiger charge is 2.32. The maximum atomic E-state index is 12.1. The molecule has 1 saturated carbocycles. The van der Waals surface area contributed by atoms with Gasteiger partial charge in [0.2, 0.25) is 5.91 Å². The summed E-state index contributed by atoms with van der Waals surface area (Å²) < 4.78 is 0. The van der Waals surface area contributed by atoms with Gasteiger partial charge in [-0.1, -0.05) is 34.6 Å². The van der Waals surface area contributed by atoms with Crippen LogP contribution in [0.25, 0.3) is 0 Å². The summed E-state index contributed by atoms with van der Waals surface area (Å²) in [5, 5.41) is 3.21. The highest BCUT2D eigenvalue weighted by molar-refractivity contribution is 5.76. The molecule has 0 spiro atoms. The molecule has 3 nitrogen and oxygen atoms in total. The van der Waals surface area contributed by atoms with Crippen LogP contribution in [0.2, 0.25) is 0 Å². The number of nitrogens with two attached hydrogens (primary N) is 1. The molecule has 0 aromatic carbocycles. The highest BCUT2D eigenvalue weighted by Crippen LogP contribution is 2.37. The molecule has 0 radical (unpaired) electrons. The Balaban J connectivity index is 2.35. The van der Waals surface area contributed by atoms with Crippen LogP contribution in [0.15, 0.2) is 0 Å². The number of rotatable bonds is 6.